The van der Waals surface area contributed by atoms with E-state index in [1.165, 1.54) is 23.8 Å². The van der Waals surface area contributed by atoms with Gasteiger partial charge >= 0.3 is 0 Å². The summed E-state index contributed by atoms with van der Waals surface area (Å²) in [7, 11) is 2.14. The number of rotatable bonds is 7. The zero-order valence-electron chi connectivity index (χ0n) is 18.6. The van der Waals surface area contributed by atoms with Crippen molar-refractivity contribution in [2.45, 2.75) is 25.6 Å². The van der Waals surface area contributed by atoms with Crippen molar-refractivity contribution in [1.82, 2.24) is 25.1 Å². The van der Waals surface area contributed by atoms with Crippen molar-refractivity contribution in [1.29, 1.82) is 0 Å². The van der Waals surface area contributed by atoms with Crippen LogP contribution in [-0.4, -0.2) is 69.1 Å². The maximum absolute atomic E-state index is 12.3. The Labute approximate surface area is 191 Å². The van der Waals surface area contributed by atoms with E-state index in [2.05, 4.69) is 44.3 Å². The number of fused-ring (bicyclic) bond motifs is 1. The molecule has 1 unspecified atom stereocenters. The zero-order valence-corrected chi connectivity index (χ0v) is 18.6. The second kappa shape index (κ2) is 10.1. The van der Waals surface area contributed by atoms with Crippen LogP contribution in [0.25, 0.3) is 10.9 Å². The quantitative estimate of drug-likeness (QED) is 0.425. The number of para-hydroxylation sites is 1. The van der Waals surface area contributed by atoms with Crippen molar-refractivity contribution in [3.63, 3.8) is 0 Å². The van der Waals surface area contributed by atoms with Gasteiger partial charge in [-0.2, -0.15) is 0 Å². The molecule has 3 aromatic rings. The number of nitrogens with one attached hydrogen (secondary N) is 2. The number of carbonyl (C=O) groups is 1. The minimum atomic E-state index is -1.30. The second-order valence-corrected chi connectivity index (χ2v) is 8.52. The van der Waals surface area contributed by atoms with Crippen molar-refractivity contribution in [3.8, 4) is 5.75 Å². The molecular weight excluding hydrogens is 422 g/mol. The summed E-state index contributed by atoms with van der Waals surface area (Å²) in [5.41, 5.74) is 1.80. The summed E-state index contributed by atoms with van der Waals surface area (Å²) < 4.78 is 0. The lowest BCUT2D eigenvalue weighted by Crippen LogP contribution is -2.43. The molecule has 0 saturated carbocycles. The smallest absolute Gasteiger partial charge is 0.258 e. The second-order valence-electron chi connectivity index (χ2n) is 8.52. The molecule has 4 N–H and O–H groups in total. The van der Waals surface area contributed by atoms with Gasteiger partial charge in [-0.05, 0) is 30.3 Å². The van der Waals surface area contributed by atoms with Crippen molar-refractivity contribution >= 4 is 16.8 Å². The average Bonchev–Trinajstić information content (AvgIpc) is 2.80. The van der Waals surface area contributed by atoms with Crippen LogP contribution < -0.4 is 10.9 Å². The van der Waals surface area contributed by atoms with Gasteiger partial charge in [0, 0.05) is 39.3 Å². The molecule has 1 aliphatic rings. The molecule has 174 valence electrons. The standard InChI is InChI=1S/C24H29N5O4/c1-28-9-11-29(12-10-28)15-17-7-5-16(6-8-17)14-25-21(32)13-20(31)23-26-22-18(24(33)27-23)3-2-4-19(22)30/h2-8,20,30-31H,9-15H2,1H3,(H,25,32)(H,26,27,33). The number of phenolic OH excluding ortho intramolecular Hbond substituents is 1. The molecule has 0 radical (unpaired) electrons. The van der Waals surface area contributed by atoms with Crippen LogP contribution in [0.5, 0.6) is 5.75 Å². The van der Waals surface area contributed by atoms with Gasteiger partial charge in [0.25, 0.3) is 5.56 Å². The third-order valence-corrected chi connectivity index (χ3v) is 5.94. The molecule has 1 aromatic heterocycles. The Hall–Kier alpha value is -3.27. The number of amides is 1. The highest BCUT2D eigenvalue weighted by molar-refractivity contribution is 5.83. The first-order valence-electron chi connectivity index (χ1n) is 11.0. The normalized spacial score (nSPS) is 16.1. The van der Waals surface area contributed by atoms with Crippen LogP contribution in [-0.2, 0) is 17.9 Å². The monoisotopic (exact) mass is 451 g/mol. The number of nitrogens with zero attached hydrogens (tertiary/aromatic N) is 3. The molecule has 9 nitrogen and oxygen atoms in total. The molecule has 2 heterocycles. The molecule has 9 heteroatoms. The van der Waals surface area contributed by atoms with Crippen LogP contribution in [0.2, 0.25) is 0 Å². The highest BCUT2D eigenvalue weighted by atomic mass is 16.3. The van der Waals surface area contributed by atoms with E-state index >= 15 is 0 Å². The van der Waals surface area contributed by atoms with Gasteiger partial charge < -0.3 is 25.4 Å². The van der Waals surface area contributed by atoms with Gasteiger partial charge in [0.2, 0.25) is 5.91 Å². The number of aromatic hydroxyl groups is 1. The molecule has 2 aromatic carbocycles. The number of aliphatic hydroxyl groups excluding tert-OH is 1. The van der Waals surface area contributed by atoms with Crippen LogP contribution in [0.1, 0.15) is 29.5 Å². The summed E-state index contributed by atoms with van der Waals surface area (Å²) in [6, 6.07) is 12.6. The Balaban J connectivity index is 1.30. The first-order chi connectivity index (χ1) is 15.9. The number of aromatic nitrogens is 2. The molecule has 33 heavy (non-hydrogen) atoms. The van der Waals surface area contributed by atoms with E-state index in [9.17, 15) is 19.8 Å². The van der Waals surface area contributed by atoms with Crippen LogP contribution in [0, 0.1) is 0 Å². The SMILES string of the molecule is CN1CCN(Cc2ccc(CNC(=O)CC(O)c3nc4c(O)cccc4c(=O)[nH]3)cc2)CC1. The molecule has 1 atom stereocenters. The van der Waals surface area contributed by atoms with Crippen LogP contribution in [0.3, 0.4) is 0 Å². The van der Waals surface area contributed by atoms with E-state index in [1.807, 2.05) is 12.1 Å². The largest absolute Gasteiger partial charge is 0.506 e. The molecule has 1 fully saturated rings. The molecule has 0 spiro atoms. The van der Waals surface area contributed by atoms with Crippen molar-refractivity contribution in [3.05, 3.63) is 69.8 Å². The van der Waals surface area contributed by atoms with Crippen LogP contribution in [0.4, 0.5) is 0 Å². The summed E-state index contributed by atoms with van der Waals surface area (Å²) in [5.74, 6) is -0.589. The molecule has 1 aliphatic heterocycles. The molecular formula is C24H29N5O4. The van der Waals surface area contributed by atoms with E-state index in [-0.39, 0.29) is 34.8 Å². The third kappa shape index (κ3) is 5.75. The minimum absolute atomic E-state index is 0.0580. The maximum atomic E-state index is 12.3. The van der Waals surface area contributed by atoms with E-state index in [0.29, 0.717) is 6.54 Å². The first kappa shape index (κ1) is 22.9. The summed E-state index contributed by atoms with van der Waals surface area (Å²) in [6.07, 6.45) is -1.56. The van der Waals surface area contributed by atoms with Gasteiger partial charge in [0.15, 0.2) is 0 Å². The molecule has 0 aliphatic carbocycles. The molecule has 0 bridgehead atoms. The highest BCUT2D eigenvalue weighted by Crippen LogP contribution is 2.21. The fraction of sp³-hybridized carbons (Fsp3) is 0.375. The minimum Gasteiger partial charge on any atom is -0.506 e. The van der Waals surface area contributed by atoms with Gasteiger partial charge in [-0.1, -0.05) is 30.3 Å². The van der Waals surface area contributed by atoms with E-state index in [0.717, 1.165) is 38.3 Å². The lowest BCUT2D eigenvalue weighted by atomic mass is 10.1. The zero-order chi connectivity index (χ0) is 23.4. The number of benzene rings is 2. The number of phenols is 1. The lowest BCUT2D eigenvalue weighted by Gasteiger charge is -2.32. The lowest BCUT2D eigenvalue weighted by molar-refractivity contribution is -0.123. The summed E-state index contributed by atoms with van der Waals surface area (Å²) in [5, 5.41) is 23.3. The van der Waals surface area contributed by atoms with Gasteiger partial charge in [-0.3, -0.25) is 14.5 Å². The number of hydrogen-bond acceptors (Lipinski definition) is 7. The predicted molar refractivity (Wildman–Crippen MR) is 125 cm³/mol. The topological polar surface area (TPSA) is 122 Å². The van der Waals surface area contributed by atoms with Gasteiger partial charge in [-0.25, -0.2) is 4.98 Å². The van der Waals surface area contributed by atoms with Crippen LogP contribution >= 0.6 is 0 Å². The predicted octanol–water partition coefficient (Wildman–Crippen LogP) is 1.12. The Morgan fingerprint density at radius 3 is 2.55 bits per heavy atom. The molecule has 4 rings (SSSR count). The van der Waals surface area contributed by atoms with Crippen molar-refractivity contribution < 1.29 is 15.0 Å². The first-order valence-corrected chi connectivity index (χ1v) is 11.0. The maximum Gasteiger partial charge on any atom is 0.258 e. The number of aliphatic hydroxyl groups is 1. The van der Waals surface area contributed by atoms with Crippen molar-refractivity contribution in [2.75, 3.05) is 33.2 Å². The number of likely N-dealkylation sites (N-methyl/N-ethyl adjacent to an activating group) is 1. The van der Waals surface area contributed by atoms with E-state index < -0.39 is 11.7 Å². The number of H-pyrrole nitrogens is 1. The molecule has 1 saturated heterocycles. The fourth-order valence-corrected chi connectivity index (χ4v) is 3.89. The summed E-state index contributed by atoms with van der Waals surface area (Å²) in [4.78, 5) is 35.9. The summed E-state index contributed by atoms with van der Waals surface area (Å²) >= 11 is 0. The van der Waals surface area contributed by atoms with E-state index in [4.69, 9.17) is 0 Å². The number of aromatic amines is 1. The Morgan fingerprint density at radius 2 is 1.82 bits per heavy atom. The molecule has 1 amide bonds. The fourth-order valence-electron chi connectivity index (χ4n) is 3.89. The van der Waals surface area contributed by atoms with Gasteiger partial charge in [0.1, 0.15) is 23.2 Å². The number of carbonyl (C=O) groups excluding carboxylic acids is 1. The Kier molecular flexibility index (Phi) is 7.02. The Morgan fingerprint density at radius 1 is 1.12 bits per heavy atom. The third-order valence-electron chi connectivity index (χ3n) is 5.94. The van der Waals surface area contributed by atoms with Crippen LogP contribution in [0.15, 0.2) is 47.3 Å². The average molecular weight is 452 g/mol. The van der Waals surface area contributed by atoms with Gasteiger partial charge in [-0.15, -0.1) is 0 Å². The number of piperazine rings is 1. The van der Waals surface area contributed by atoms with Gasteiger partial charge in [0.05, 0.1) is 11.8 Å². The Bertz CT molecular complexity index is 1170. The van der Waals surface area contributed by atoms with Crippen molar-refractivity contribution in [2.24, 2.45) is 0 Å². The number of hydrogen-bond donors (Lipinski definition) is 4. The summed E-state index contributed by atoms with van der Waals surface area (Å²) in [6.45, 7) is 5.54. The highest BCUT2D eigenvalue weighted by Gasteiger charge is 2.18. The van der Waals surface area contributed by atoms with E-state index in [1.54, 1.807) is 0 Å².